The van der Waals surface area contributed by atoms with E-state index in [0.717, 1.165) is 51.9 Å². The molecule has 9 nitrogen and oxygen atoms in total. The fourth-order valence-electron chi connectivity index (χ4n) is 9.79. The second kappa shape index (κ2) is 44.8. The Morgan fingerprint density at radius 3 is 0.866 bits per heavy atom. The maximum atomic E-state index is 12.9. The first-order valence-corrected chi connectivity index (χ1v) is 29.1. The summed E-state index contributed by atoms with van der Waals surface area (Å²) in [4.78, 5) is 53.7. The Hall–Kier alpha value is -2.36. The number of carbonyl (C=O) groups is 4. The molecule has 9 heteroatoms. The van der Waals surface area contributed by atoms with Crippen LogP contribution in [0.1, 0.15) is 258 Å². The third kappa shape index (κ3) is 33.0. The van der Waals surface area contributed by atoms with Gasteiger partial charge in [-0.2, -0.15) is 0 Å². The van der Waals surface area contributed by atoms with Crippen LogP contribution in [-0.2, 0) is 19.2 Å². The Labute approximate surface area is 413 Å². The SMILES string of the molecule is CCCCCCCCCCCCCCCCC=CC1CC(=O)N(CCNCCNCCNCCN2C(=O)CC(C=CCCCCCCCCCCCCCCCCCCCCCC)C2=O)C1=O. The second-order valence-corrected chi connectivity index (χ2v) is 20.4. The molecule has 2 heterocycles. The number of allylic oxidation sites excluding steroid dienone is 2. The molecule has 0 aromatic carbocycles. The lowest BCUT2D eigenvalue weighted by atomic mass is 10.0. The van der Waals surface area contributed by atoms with Gasteiger partial charge in [0.05, 0.1) is 11.8 Å². The minimum Gasteiger partial charge on any atom is -0.314 e. The lowest BCUT2D eigenvalue weighted by Gasteiger charge is -2.15. The molecule has 2 saturated heterocycles. The van der Waals surface area contributed by atoms with Gasteiger partial charge in [-0.25, -0.2) is 0 Å². The quantitative estimate of drug-likeness (QED) is 0.0316. The maximum Gasteiger partial charge on any atom is 0.236 e. The van der Waals surface area contributed by atoms with Crippen molar-refractivity contribution in [1.29, 1.82) is 0 Å². The molecular formula is C58H107N5O4. The van der Waals surface area contributed by atoms with Crippen LogP contribution in [-0.4, -0.2) is 85.8 Å². The average Bonchev–Trinajstić information content (AvgIpc) is 3.76. The van der Waals surface area contributed by atoms with Crippen LogP contribution in [0, 0.1) is 11.8 Å². The highest BCUT2D eigenvalue weighted by molar-refractivity contribution is 6.05. The van der Waals surface area contributed by atoms with Gasteiger partial charge in [0.1, 0.15) is 0 Å². The van der Waals surface area contributed by atoms with Crippen LogP contribution in [0.15, 0.2) is 24.3 Å². The van der Waals surface area contributed by atoms with Crippen molar-refractivity contribution in [2.45, 2.75) is 258 Å². The Bertz CT molecular complexity index is 1270. The fourth-order valence-corrected chi connectivity index (χ4v) is 9.79. The number of unbranched alkanes of at least 4 members (excludes halogenated alkanes) is 34. The van der Waals surface area contributed by atoms with Crippen molar-refractivity contribution in [3.63, 3.8) is 0 Å². The van der Waals surface area contributed by atoms with Crippen molar-refractivity contribution in [1.82, 2.24) is 25.8 Å². The van der Waals surface area contributed by atoms with Gasteiger partial charge in [-0.1, -0.05) is 244 Å². The van der Waals surface area contributed by atoms with E-state index >= 15 is 0 Å². The zero-order chi connectivity index (χ0) is 48.1. The highest BCUT2D eigenvalue weighted by atomic mass is 16.2. The van der Waals surface area contributed by atoms with E-state index in [1.165, 1.54) is 215 Å². The molecule has 0 aromatic rings. The van der Waals surface area contributed by atoms with E-state index in [1.54, 1.807) is 0 Å². The molecule has 2 aliphatic heterocycles. The monoisotopic (exact) mass is 938 g/mol. The minimum absolute atomic E-state index is 0.0598. The number of nitrogens with one attached hydrogen (secondary N) is 3. The smallest absolute Gasteiger partial charge is 0.236 e. The molecule has 0 spiro atoms. The molecule has 67 heavy (non-hydrogen) atoms. The third-order valence-corrected chi connectivity index (χ3v) is 14.2. The fraction of sp³-hybridized carbons (Fsp3) is 0.862. The number of carbonyl (C=O) groups excluding carboxylic acids is 4. The summed E-state index contributed by atoms with van der Waals surface area (Å²) in [6, 6.07) is 0. The summed E-state index contributed by atoms with van der Waals surface area (Å²) >= 11 is 0. The van der Waals surface area contributed by atoms with Gasteiger partial charge in [-0.15, -0.1) is 0 Å². The number of likely N-dealkylation sites (tertiary alicyclic amines) is 2. The molecule has 2 fully saturated rings. The van der Waals surface area contributed by atoms with Crippen LogP contribution in [0.2, 0.25) is 0 Å². The van der Waals surface area contributed by atoms with Gasteiger partial charge in [-0.3, -0.25) is 29.0 Å². The topological polar surface area (TPSA) is 111 Å². The van der Waals surface area contributed by atoms with Crippen molar-refractivity contribution < 1.29 is 19.2 Å². The molecule has 2 unspecified atom stereocenters. The summed E-state index contributed by atoms with van der Waals surface area (Å²) in [5.74, 6) is -0.863. The first-order chi connectivity index (χ1) is 33.0. The summed E-state index contributed by atoms with van der Waals surface area (Å²) in [7, 11) is 0. The first-order valence-electron chi connectivity index (χ1n) is 29.1. The molecular weight excluding hydrogens is 831 g/mol. The zero-order valence-electron chi connectivity index (χ0n) is 44.0. The molecule has 3 N–H and O–H groups in total. The molecule has 2 rings (SSSR count). The van der Waals surface area contributed by atoms with E-state index < -0.39 is 0 Å². The Morgan fingerprint density at radius 1 is 0.358 bits per heavy atom. The van der Waals surface area contributed by atoms with Crippen LogP contribution in [0.3, 0.4) is 0 Å². The third-order valence-electron chi connectivity index (χ3n) is 14.2. The maximum absolute atomic E-state index is 12.9. The van der Waals surface area contributed by atoms with Crippen LogP contribution in [0.4, 0.5) is 0 Å². The molecule has 0 bridgehead atoms. The summed E-state index contributed by atoms with van der Waals surface area (Å²) in [6.07, 6.45) is 57.3. The Morgan fingerprint density at radius 2 is 0.597 bits per heavy atom. The zero-order valence-corrected chi connectivity index (χ0v) is 44.0. The average molecular weight is 939 g/mol. The van der Waals surface area contributed by atoms with Gasteiger partial charge in [-0.05, 0) is 25.7 Å². The van der Waals surface area contributed by atoms with E-state index in [4.69, 9.17) is 0 Å². The van der Waals surface area contributed by atoms with E-state index in [1.807, 2.05) is 12.2 Å². The highest BCUT2D eigenvalue weighted by Crippen LogP contribution is 2.23. The number of hydrogen-bond donors (Lipinski definition) is 3. The molecule has 388 valence electrons. The van der Waals surface area contributed by atoms with Crippen molar-refractivity contribution >= 4 is 23.6 Å². The Balaban J connectivity index is 1.34. The van der Waals surface area contributed by atoms with Crippen molar-refractivity contribution in [2.24, 2.45) is 11.8 Å². The molecule has 2 atom stereocenters. The predicted octanol–water partition coefficient (Wildman–Crippen LogP) is 13.7. The number of amides is 4. The van der Waals surface area contributed by atoms with Crippen molar-refractivity contribution in [3.8, 4) is 0 Å². The predicted molar refractivity (Wildman–Crippen MR) is 284 cm³/mol. The number of nitrogens with zero attached hydrogens (tertiary/aromatic N) is 2. The minimum atomic E-state index is -0.305. The van der Waals surface area contributed by atoms with E-state index in [9.17, 15) is 19.2 Å². The number of hydrogen-bond acceptors (Lipinski definition) is 7. The summed E-state index contributed by atoms with van der Waals surface area (Å²) in [6.45, 7) is 9.57. The largest absolute Gasteiger partial charge is 0.314 e. The normalized spacial score (nSPS) is 16.7. The molecule has 0 saturated carbocycles. The lowest BCUT2D eigenvalue weighted by Crippen LogP contribution is -2.40. The molecule has 4 amide bonds. The van der Waals surface area contributed by atoms with Gasteiger partial charge < -0.3 is 16.0 Å². The Kier molecular flexibility index (Phi) is 40.6. The first kappa shape index (κ1) is 60.8. The van der Waals surface area contributed by atoms with E-state index in [2.05, 4.69) is 41.9 Å². The highest BCUT2D eigenvalue weighted by Gasteiger charge is 2.37. The van der Waals surface area contributed by atoms with E-state index in [-0.39, 0.29) is 35.5 Å². The summed E-state index contributed by atoms with van der Waals surface area (Å²) < 4.78 is 0. The van der Waals surface area contributed by atoms with Crippen molar-refractivity contribution in [3.05, 3.63) is 24.3 Å². The van der Waals surface area contributed by atoms with Gasteiger partial charge in [0.25, 0.3) is 0 Å². The molecule has 0 radical (unpaired) electrons. The second-order valence-electron chi connectivity index (χ2n) is 20.4. The number of rotatable bonds is 50. The van der Waals surface area contributed by atoms with Gasteiger partial charge in [0, 0.05) is 65.2 Å². The summed E-state index contributed by atoms with van der Waals surface area (Å²) in [5, 5.41) is 10.1. The van der Waals surface area contributed by atoms with Crippen LogP contribution in [0.25, 0.3) is 0 Å². The van der Waals surface area contributed by atoms with Gasteiger partial charge in [0.15, 0.2) is 0 Å². The van der Waals surface area contributed by atoms with Crippen LogP contribution in [0.5, 0.6) is 0 Å². The van der Waals surface area contributed by atoms with Gasteiger partial charge >= 0.3 is 0 Å². The van der Waals surface area contributed by atoms with Gasteiger partial charge in [0.2, 0.25) is 23.6 Å². The lowest BCUT2D eigenvalue weighted by molar-refractivity contribution is -0.140. The standard InChI is InChI=1S/C58H107N5O4/c1-3-5-7-9-11-13-15-17-19-21-22-23-24-25-26-28-30-32-34-36-38-40-42-54-52-56(65)63(58(54)67)50-48-61-46-44-59-43-45-60-47-49-62-55(64)51-53(57(62)66)41-39-37-35-33-31-29-27-20-18-16-14-12-10-8-6-4-2/h39-42,53-54,59-61H,3-38,43-52H2,1-2H3. The number of imide groups is 2. The molecule has 0 aliphatic carbocycles. The molecule has 2 aliphatic rings. The van der Waals surface area contributed by atoms with E-state index in [0.29, 0.717) is 39.0 Å². The van der Waals surface area contributed by atoms with Crippen LogP contribution < -0.4 is 16.0 Å². The summed E-state index contributed by atoms with van der Waals surface area (Å²) in [5.41, 5.74) is 0. The molecule has 0 aromatic heterocycles. The van der Waals surface area contributed by atoms with Crippen LogP contribution >= 0.6 is 0 Å². The van der Waals surface area contributed by atoms with Crippen molar-refractivity contribution in [2.75, 3.05) is 52.4 Å².